The van der Waals surface area contributed by atoms with Crippen molar-refractivity contribution in [3.63, 3.8) is 0 Å². The molecule has 1 aliphatic heterocycles. The van der Waals surface area contributed by atoms with Crippen LogP contribution in [0.25, 0.3) is 5.57 Å². The van der Waals surface area contributed by atoms with Gasteiger partial charge in [0.05, 0.1) is 0 Å². The third-order valence-corrected chi connectivity index (χ3v) is 3.79. The fraction of sp³-hybridized carbons (Fsp3) is 0.385. The van der Waals surface area contributed by atoms with Gasteiger partial charge in [-0.15, -0.1) is 11.8 Å². The molecular weight excluding hydrogens is 202 g/mol. The Morgan fingerprint density at radius 3 is 3.20 bits per heavy atom. The Labute approximate surface area is 96.0 Å². The molecule has 1 nitrogen and oxygen atoms in total. The topological polar surface area (TPSA) is 12.0 Å². The average molecular weight is 219 g/mol. The molecule has 0 spiro atoms. The van der Waals surface area contributed by atoms with E-state index in [1.807, 2.05) is 11.8 Å². The maximum atomic E-state index is 4.12. The number of benzene rings is 1. The van der Waals surface area contributed by atoms with Gasteiger partial charge in [-0.3, -0.25) is 0 Å². The first kappa shape index (κ1) is 10.8. The third-order valence-electron chi connectivity index (χ3n) is 2.69. The van der Waals surface area contributed by atoms with E-state index < -0.39 is 0 Å². The molecule has 2 rings (SSSR count). The van der Waals surface area contributed by atoms with Crippen molar-refractivity contribution in [3.05, 3.63) is 35.9 Å². The second kappa shape index (κ2) is 4.86. The third kappa shape index (κ3) is 2.44. The number of fused-ring (bicyclic) bond motifs is 1. The highest BCUT2D eigenvalue weighted by Crippen LogP contribution is 2.32. The summed E-state index contributed by atoms with van der Waals surface area (Å²) in [5.74, 6) is 1.23. The quantitative estimate of drug-likeness (QED) is 0.835. The van der Waals surface area contributed by atoms with Crippen molar-refractivity contribution < 1.29 is 0 Å². The predicted molar refractivity (Wildman–Crippen MR) is 68.4 cm³/mol. The van der Waals surface area contributed by atoms with E-state index in [4.69, 9.17) is 0 Å². The Bertz CT molecular complexity index is 371. The minimum atomic E-state index is 0.889. The van der Waals surface area contributed by atoms with E-state index in [0.717, 1.165) is 13.1 Å². The first-order valence-electron chi connectivity index (χ1n) is 5.46. The first-order valence-corrected chi connectivity index (χ1v) is 6.44. The second-order valence-electron chi connectivity index (χ2n) is 3.80. The highest BCUT2D eigenvalue weighted by molar-refractivity contribution is 7.99. The Morgan fingerprint density at radius 1 is 1.53 bits per heavy atom. The molecule has 0 radical (unpaired) electrons. The van der Waals surface area contributed by atoms with Crippen LogP contribution in [0, 0.1) is 0 Å². The minimum Gasteiger partial charge on any atom is -0.313 e. The molecule has 0 aromatic heterocycles. The van der Waals surface area contributed by atoms with Crippen LogP contribution < -0.4 is 5.32 Å². The molecular formula is C13H17NS. The number of aryl methyl sites for hydroxylation is 1. The zero-order valence-corrected chi connectivity index (χ0v) is 9.99. The summed E-state index contributed by atoms with van der Waals surface area (Å²) < 4.78 is 0. The van der Waals surface area contributed by atoms with Crippen molar-refractivity contribution in [2.45, 2.75) is 18.2 Å². The normalized spacial score (nSPS) is 13.9. The smallest absolute Gasteiger partial charge is 0.0205 e. The lowest BCUT2D eigenvalue weighted by molar-refractivity contribution is 0.808. The maximum absolute atomic E-state index is 4.12. The molecule has 1 aliphatic rings. The van der Waals surface area contributed by atoms with Gasteiger partial charge in [0.2, 0.25) is 0 Å². The van der Waals surface area contributed by atoms with Gasteiger partial charge in [0.25, 0.3) is 0 Å². The van der Waals surface area contributed by atoms with E-state index in [9.17, 15) is 0 Å². The van der Waals surface area contributed by atoms with Gasteiger partial charge in [0, 0.05) is 17.2 Å². The van der Waals surface area contributed by atoms with Gasteiger partial charge in [-0.1, -0.05) is 25.6 Å². The molecule has 0 aliphatic carbocycles. The Kier molecular flexibility index (Phi) is 3.49. The largest absolute Gasteiger partial charge is 0.313 e. The molecule has 0 saturated carbocycles. The molecule has 0 atom stereocenters. The number of rotatable bonds is 4. The average Bonchev–Trinajstić information content (AvgIpc) is 2.72. The fourth-order valence-corrected chi connectivity index (χ4v) is 2.87. The van der Waals surface area contributed by atoms with Crippen LogP contribution in [0.5, 0.6) is 0 Å². The summed E-state index contributed by atoms with van der Waals surface area (Å²) in [6, 6.07) is 6.73. The second-order valence-corrected chi connectivity index (χ2v) is 4.94. The lowest BCUT2D eigenvalue weighted by Gasteiger charge is -2.08. The van der Waals surface area contributed by atoms with Crippen LogP contribution in [-0.2, 0) is 6.42 Å². The van der Waals surface area contributed by atoms with Gasteiger partial charge >= 0.3 is 0 Å². The van der Waals surface area contributed by atoms with Gasteiger partial charge in [0.15, 0.2) is 0 Å². The number of thioether (sulfide) groups is 1. The standard InChI is InChI=1S/C13H17NS/c1-3-14-9-10(2)12-5-4-11-6-7-15-13(11)8-12/h4-5,8,14H,2-3,6-7,9H2,1H3. The summed E-state index contributed by atoms with van der Waals surface area (Å²) >= 11 is 1.96. The zero-order valence-electron chi connectivity index (χ0n) is 9.18. The molecule has 0 amide bonds. The summed E-state index contributed by atoms with van der Waals surface area (Å²) in [7, 11) is 0. The van der Waals surface area contributed by atoms with Crippen molar-refractivity contribution >= 4 is 17.3 Å². The van der Waals surface area contributed by atoms with Crippen LogP contribution >= 0.6 is 11.8 Å². The van der Waals surface area contributed by atoms with Gasteiger partial charge in [-0.25, -0.2) is 0 Å². The van der Waals surface area contributed by atoms with Crippen LogP contribution in [0.2, 0.25) is 0 Å². The molecule has 1 N–H and O–H groups in total. The van der Waals surface area contributed by atoms with Crippen molar-refractivity contribution in [3.8, 4) is 0 Å². The highest BCUT2D eigenvalue weighted by Gasteiger charge is 2.11. The number of hydrogen-bond donors (Lipinski definition) is 1. The number of nitrogens with one attached hydrogen (secondary N) is 1. The first-order chi connectivity index (χ1) is 7.31. The van der Waals surface area contributed by atoms with Crippen LogP contribution in [0.15, 0.2) is 29.7 Å². The molecule has 0 unspecified atom stereocenters. The zero-order chi connectivity index (χ0) is 10.7. The van der Waals surface area contributed by atoms with Gasteiger partial charge in [-0.2, -0.15) is 0 Å². The van der Waals surface area contributed by atoms with Gasteiger partial charge in [0.1, 0.15) is 0 Å². The van der Waals surface area contributed by atoms with E-state index in [1.165, 1.54) is 33.8 Å². The van der Waals surface area contributed by atoms with E-state index in [-0.39, 0.29) is 0 Å². The lowest BCUT2D eigenvalue weighted by Crippen LogP contribution is -2.14. The van der Waals surface area contributed by atoms with Crippen LogP contribution in [-0.4, -0.2) is 18.8 Å². The van der Waals surface area contributed by atoms with Gasteiger partial charge in [-0.05, 0) is 35.7 Å². The number of hydrogen-bond acceptors (Lipinski definition) is 2. The summed E-state index contributed by atoms with van der Waals surface area (Å²) in [6.07, 6.45) is 1.22. The molecule has 1 heterocycles. The van der Waals surface area contributed by atoms with Crippen LogP contribution in [0.1, 0.15) is 18.1 Å². The van der Waals surface area contributed by atoms with Crippen molar-refractivity contribution in [2.24, 2.45) is 0 Å². The fourth-order valence-electron chi connectivity index (χ4n) is 1.76. The van der Waals surface area contributed by atoms with E-state index in [1.54, 1.807) is 0 Å². The Hall–Kier alpha value is -0.730. The van der Waals surface area contributed by atoms with E-state index >= 15 is 0 Å². The van der Waals surface area contributed by atoms with Crippen molar-refractivity contribution in [1.29, 1.82) is 0 Å². The molecule has 1 aromatic rings. The van der Waals surface area contributed by atoms with E-state index in [2.05, 4.69) is 37.0 Å². The summed E-state index contributed by atoms with van der Waals surface area (Å²) in [5, 5.41) is 3.31. The molecule has 0 fully saturated rings. The minimum absolute atomic E-state index is 0.889. The Balaban J connectivity index is 2.12. The van der Waals surface area contributed by atoms with Crippen LogP contribution in [0.4, 0.5) is 0 Å². The molecule has 1 aromatic carbocycles. The van der Waals surface area contributed by atoms with Crippen molar-refractivity contribution in [2.75, 3.05) is 18.8 Å². The molecule has 0 bridgehead atoms. The molecule has 2 heteroatoms. The predicted octanol–water partition coefficient (Wildman–Crippen LogP) is 2.96. The summed E-state index contributed by atoms with van der Waals surface area (Å²) in [6.45, 7) is 8.12. The molecule has 0 saturated heterocycles. The Morgan fingerprint density at radius 2 is 2.40 bits per heavy atom. The van der Waals surface area contributed by atoms with Crippen LogP contribution in [0.3, 0.4) is 0 Å². The maximum Gasteiger partial charge on any atom is 0.0205 e. The van der Waals surface area contributed by atoms with Crippen molar-refractivity contribution in [1.82, 2.24) is 5.32 Å². The number of likely N-dealkylation sites (N-methyl/N-ethyl adjacent to an activating group) is 1. The van der Waals surface area contributed by atoms with E-state index in [0.29, 0.717) is 0 Å². The SMILES string of the molecule is C=C(CNCC)c1ccc2c(c1)SCC2. The highest BCUT2D eigenvalue weighted by atomic mass is 32.2. The lowest BCUT2D eigenvalue weighted by atomic mass is 10.0. The summed E-state index contributed by atoms with van der Waals surface area (Å²) in [5.41, 5.74) is 3.97. The molecule has 15 heavy (non-hydrogen) atoms. The van der Waals surface area contributed by atoms with Gasteiger partial charge < -0.3 is 5.32 Å². The molecule has 80 valence electrons. The summed E-state index contributed by atoms with van der Waals surface area (Å²) in [4.78, 5) is 1.45. The monoisotopic (exact) mass is 219 g/mol.